The molecule has 1 aromatic rings. The lowest BCUT2D eigenvalue weighted by Gasteiger charge is -2.07. The standard InChI is InChI=1S/C13H16N2O5/c1-18-7-8-19-5-2-6-20-13-4-3-11(10-14)9-12(13)15(16)17/h3-4,9H,2,5-8H2,1H3. The predicted octanol–water partition coefficient (Wildman–Crippen LogP) is 1.90. The summed E-state index contributed by atoms with van der Waals surface area (Å²) in [5, 5.41) is 19.6. The molecule has 0 aliphatic rings. The van der Waals surface area contributed by atoms with Crippen LogP contribution in [0.5, 0.6) is 5.75 Å². The fraction of sp³-hybridized carbons (Fsp3) is 0.462. The van der Waals surface area contributed by atoms with Crippen LogP contribution < -0.4 is 4.74 Å². The Labute approximate surface area is 116 Å². The Morgan fingerprint density at radius 2 is 2.10 bits per heavy atom. The van der Waals surface area contributed by atoms with Gasteiger partial charge in [-0.15, -0.1) is 0 Å². The van der Waals surface area contributed by atoms with Crippen LogP contribution in [0.1, 0.15) is 12.0 Å². The number of methoxy groups -OCH3 is 1. The van der Waals surface area contributed by atoms with E-state index in [1.807, 2.05) is 6.07 Å². The number of benzene rings is 1. The van der Waals surface area contributed by atoms with Gasteiger partial charge in [0, 0.05) is 26.2 Å². The van der Waals surface area contributed by atoms with Gasteiger partial charge in [-0.3, -0.25) is 10.1 Å². The summed E-state index contributed by atoms with van der Waals surface area (Å²) < 4.78 is 15.4. The third-order valence-corrected chi connectivity index (χ3v) is 2.41. The molecule has 0 heterocycles. The van der Waals surface area contributed by atoms with E-state index in [1.165, 1.54) is 18.2 Å². The maximum Gasteiger partial charge on any atom is 0.312 e. The summed E-state index contributed by atoms with van der Waals surface area (Å²) in [5.41, 5.74) is 0.0244. The second-order valence-electron chi connectivity index (χ2n) is 3.86. The highest BCUT2D eigenvalue weighted by Crippen LogP contribution is 2.27. The number of nitriles is 1. The van der Waals surface area contributed by atoms with Gasteiger partial charge in [0.05, 0.1) is 36.4 Å². The zero-order valence-corrected chi connectivity index (χ0v) is 11.2. The topological polar surface area (TPSA) is 94.6 Å². The number of rotatable bonds is 9. The van der Waals surface area contributed by atoms with Crippen LogP contribution in [0.4, 0.5) is 5.69 Å². The number of nitrogens with zero attached hydrogens (tertiary/aromatic N) is 2. The fourth-order valence-corrected chi connectivity index (χ4v) is 1.44. The summed E-state index contributed by atoms with van der Waals surface area (Å²) in [6.45, 7) is 1.84. The zero-order valence-electron chi connectivity index (χ0n) is 11.2. The van der Waals surface area contributed by atoms with Crippen molar-refractivity contribution in [1.29, 1.82) is 5.26 Å². The fourth-order valence-electron chi connectivity index (χ4n) is 1.44. The van der Waals surface area contributed by atoms with Crippen LogP contribution in [0, 0.1) is 21.4 Å². The van der Waals surface area contributed by atoms with Crippen LogP contribution in [0.2, 0.25) is 0 Å². The number of nitro groups is 1. The molecule has 0 unspecified atom stereocenters. The van der Waals surface area contributed by atoms with E-state index in [4.69, 9.17) is 19.5 Å². The summed E-state index contributed by atoms with van der Waals surface area (Å²) in [5.74, 6) is 0.158. The molecule has 0 aliphatic carbocycles. The largest absolute Gasteiger partial charge is 0.487 e. The summed E-state index contributed by atoms with van der Waals surface area (Å²) >= 11 is 0. The summed E-state index contributed by atoms with van der Waals surface area (Å²) in [4.78, 5) is 10.3. The van der Waals surface area contributed by atoms with Crippen molar-refractivity contribution in [2.24, 2.45) is 0 Å². The summed E-state index contributed by atoms with van der Waals surface area (Å²) in [7, 11) is 1.59. The molecule has 0 amide bonds. The molecule has 0 aromatic heterocycles. The lowest BCUT2D eigenvalue weighted by Crippen LogP contribution is -2.07. The molecule has 108 valence electrons. The average molecular weight is 280 g/mol. The molecule has 20 heavy (non-hydrogen) atoms. The van der Waals surface area contributed by atoms with Gasteiger partial charge < -0.3 is 14.2 Å². The lowest BCUT2D eigenvalue weighted by atomic mass is 10.2. The number of hydrogen-bond donors (Lipinski definition) is 0. The molecular formula is C13H16N2O5. The molecule has 0 aliphatic heterocycles. The minimum atomic E-state index is -0.564. The van der Waals surface area contributed by atoms with Crippen molar-refractivity contribution in [3.63, 3.8) is 0 Å². The molecule has 0 spiro atoms. The Kier molecular flexibility index (Phi) is 7.03. The van der Waals surface area contributed by atoms with E-state index >= 15 is 0 Å². The first kappa shape index (κ1) is 15.9. The van der Waals surface area contributed by atoms with E-state index in [0.717, 1.165) is 0 Å². The quantitative estimate of drug-likeness (QED) is 0.389. The van der Waals surface area contributed by atoms with E-state index in [1.54, 1.807) is 7.11 Å². The Balaban J connectivity index is 2.44. The van der Waals surface area contributed by atoms with Gasteiger partial charge in [-0.25, -0.2) is 0 Å². The van der Waals surface area contributed by atoms with Gasteiger partial charge in [-0.05, 0) is 12.1 Å². The van der Waals surface area contributed by atoms with Crippen molar-refractivity contribution in [1.82, 2.24) is 0 Å². The van der Waals surface area contributed by atoms with E-state index in [-0.39, 0.29) is 17.0 Å². The van der Waals surface area contributed by atoms with Gasteiger partial charge in [-0.1, -0.05) is 0 Å². The second kappa shape index (κ2) is 8.85. The molecule has 0 atom stereocenters. The highest BCUT2D eigenvalue weighted by molar-refractivity contribution is 5.51. The lowest BCUT2D eigenvalue weighted by molar-refractivity contribution is -0.385. The first-order valence-electron chi connectivity index (χ1n) is 6.07. The van der Waals surface area contributed by atoms with Gasteiger partial charge in [0.25, 0.3) is 0 Å². The maximum atomic E-state index is 10.9. The Morgan fingerprint density at radius 3 is 2.75 bits per heavy atom. The van der Waals surface area contributed by atoms with Crippen molar-refractivity contribution in [2.45, 2.75) is 6.42 Å². The Hall–Kier alpha value is -2.17. The second-order valence-corrected chi connectivity index (χ2v) is 3.86. The molecule has 7 nitrogen and oxygen atoms in total. The third-order valence-electron chi connectivity index (χ3n) is 2.41. The van der Waals surface area contributed by atoms with Gasteiger partial charge in [0.1, 0.15) is 0 Å². The van der Waals surface area contributed by atoms with Crippen molar-refractivity contribution in [3.05, 3.63) is 33.9 Å². The van der Waals surface area contributed by atoms with E-state index in [0.29, 0.717) is 32.8 Å². The molecular weight excluding hydrogens is 264 g/mol. The normalized spacial score (nSPS) is 10.0. The number of hydrogen-bond acceptors (Lipinski definition) is 6. The van der Waals surface area contributed by atoms with Crippen molar-refractivity contribution in [2.75, 3.05) is 33.5 Å². The maximum absolute atomic E-state index is 10.9. The third kappa shape index (κ3) is 5.22. The van der Waals surface area contributed by atoms with Crippen LogP contribution in [-0.2, 0) is 9.47 Å². The van der Waals surface area contributed by atoms with Crippen LogP contribution >= 0.6 is 0 Å². The molecule has 0 fully saturated rings. The van der Waals surface area contributed by atoms with Crippen LogP contribution in [0.3, 0.4) is 0 Å². The molecule has 0 bridgehead atoms. The van der Waals surface area contributed by atoms with E-state index < -0.39 is 4.92 Å². The smallest absolute Gasteiger partial charge is 0.312 e. The van der Waals surface area contributed by atoms with Crippen molar-refractivity contribution < 1.29 is 19.1 Å². The monoisotopic (exact) mass is 280 g/mol. The van der Waals surface area contributed by atoms with Crippen molar-refractivity contribution >= 4 is 5.69 Å². The SMILES string of the molecule is COCCOCCCOc1ccc(C#N)cc1[N+](=O)[O-]. The molecule has 0 saturated carbocycles. The number of ether oxygens (including phenoxy) is 3. The number of nitro benzene ring substituents is 1. The average Bonchev–Trinajstić information content (AvgIpc) is 2.46. The first-order chi connectivity index (χ1) is 9.69. The molecule has 1 rings (SSSR count). The predicted molar refractivity (Wildman–Crippen MR) is 70.6 cm³/mol. The molecule has 0 N–H and O–H groups in total. The minimum absolute atomic E-state index is 0.158. The Bertz CT molecular complexity index is 484. The van der Waals surface area contributed by atoms with Crippen LogP contribution in [0.25, 0.3) is 0 Å². The molecule has 1 aromatic carbocycles. The minimum Gasteiger partial charge on any atom is -0.487 e. The highest BCUT2D eigenvalue weighted by Gasteiger charge is 2.15. The van der Waals surface area contributed by atoms with Gasteiger partial charge >= 0.3 is 5.69 Å². The van der Waals surface area contributed by atoms with Gasteiger partial charge in [0.2, 0.25) is 0 Å². The molecule has 0 radical (unpaired) electrons. The molecule has 0 saturated heterocycles. The van der Waals surface area contributed by atoms with Crippen LogP contribution in [-0.4, -0.2) is 38.5 Å². The van der Waals surface area contributed by atoms with Gasteiger partial charge in [-0.2, -0.15) is 5.26 Å². The van der Waals surface area contributed by atoms with Crippen molar-refractivity contribution in [3.8, 4) is 11.8 Å². The van der Waals surface area contributed by atoms with Gasteiger partial charge in [0.15, 0.2) is 5.75 Å². The van der Waals surface area contributed by atoms with E-state index in [2.05, 4.69) is 0 Å². The Morgan fingerprint density at radius 1 is 1.30 bits per heavy atom. The summed E-state index contributed by atoms with van der Waals surface area (Å²) in [6.07, 6.45) is 0.612. The van der Waals surface area contributed by atoms with E-state index in [9.17, 15) is 10.1 Å². The van der Waals surface area contributed by atoms with Crippen LogP contribution in [0.15, 0.2) is 18.2 Å². The first-order valence-corrected chi connectivity index (χ1v) is 6.07. The summed E-state index contributed by atoms with van der Waals surface area (Å²) in [6, 6.07) is 5.97. The molecule has 7 heteroatoms. The highest BCUT2D eigenvalue weighted by atomic mass is 16.6. The zero-order chi connectivity index (χ0) is 14.8.